The summed E-state index contributed by atoms with van der Waals surface area (Å²) in [6, 6.07) is 6.62. The molecule has 0 radical (unpaired) electrons. The Bertz CT molecular complexity index is 706. The van der Waals surface area contributed by atoms with Gasteiger partial charge in [-0.15, -0.1) is 11.3 Å². The third-order valence-corrected chi connectivity index (χ3v) is 4.94. The van der Waals surface area contributed by atoms with Gasteiger partial charge in [0.2, 0.25) is 0 Å². The van der Waals surface area contributed by atoms with Crippen LogP contribution in [0.2, 0.25) is 0 Å². The maximum Gasteiger partial charge on any atom is 0.177 e. The van der Waals surface area contributed by atoms with E-state index in [0.29, 0.717) is 6.04 Å². The van der Waals surface area contributed by atoms with Gasteiger partial charge in [0.15, 0.2) is 5.76 Å². The van der Waals surface area contributed by atoms with E-state index in [1.807, 2.05) is 16.1 Å². The molecule has 0 aliphatic carbocycles. The molecular formula is C15H17N5OS. The number of nitrogens with zero attached hydrogens (tertiary/aromatic N) is 5. The first-order valence-corrected chi connectivity index (χ1v) is 8.32. The maximum atomic E-state index is 5.47. The van der Waals surface area contributed by atoms with Crippen LogP contribution in [0.3, 0.4) is 0 Å². The second-order valence-electron chi connectivity index (χ2n) is 5.54. The van der Waals surface area contributed by atoms with Gasteiger partial charge in [-0.1, -0.05) is 11.2 Å². The van der Waals surface area contributed by atoms with Crippen LogP contribution in [-0.2, 0) is 13.1 Å². The maximum absolute atomic E-state index is 5.47. The zero-order chi connectivity index (χ0) is 14.8. The second kappa shape index (κ2) is 6.02. The number of hydrogen-bond acceptors (Lipinski definition) is 6. The van der Waals surface area contributed by atoms with Crippen LogP contribution >= 0.6 is 11.3 Å². The van der Waals surface area contributed by atoms with Crippen molar-refractivity contribution in [1.82, 2.24) is 24.8 Å². The molecule has 4 heterocycles. The summed E-state index contributed by atoms with van der Waals surface area (Å²) in [7, 11) is 0. The van der Waals surface area contributed by atoms with Crippen molar-refractivity contribution < 1.29 is 4.52 Å². The summed E-state index contributed by atoms with van der Waals surface area (Å²) < 4.78 is 7.37. The van der Waals surface area contributed by atoms with E-state index in [9.17, 15) is 0 Å². The average molecular weight is 315 g/mol. The summed E-state index contributed by atoms with van der Waals surface area (Å²) in [5, 5.41) is 10.5. The van der Waals surface area contributed by atoms with Gasteiger partial charge in [0, 0.05) is 18.7 Å². The van der Waals surface area contributed by atoms with E-state index in [4.69, 9.17) is 4.52 Å². The molecule has 114 valence electrons. The summed E-state index contributed by atoms with van der Waals surface area (Å²) in [6.07, 6.45) is 5.77. The van der Waals surface area contributed by atoms with Gasteiger partial charge in [-0.2, -0.15) is 5.10 Å². The normalized spacial score (nSPS) is 19.0. The minimum atomic E-state index is 0.489. The van der Waals surface area contributed by atoms with Gasteiger partial charge in [-0.05, 0) is 30.8 Å². The Labute approximate surface area is 132 Å². The minimum Gasteiger partial charge on any atom is -0.355 e. The molecule has 0 bridgehead atoms. The molecule has 0 saturated carbocycles. The Morgan fingerprint density at radius 3 is 3.23 bits per heavy atom. The van der Waals surface area contributed by atoms with Crippen molar-refractivity contribution in [1.29, 1.82) is 0 Å². The number of thiophene rings is 1. The lowest BCUT2D eigenvalue weighted by Crippen LogP contribution is -2.32. The van der Waals surface area contributed by atoms with E-state index >= 15 is 0 Å². The standard InChI is InChI=1S/C15H17N5OS/c1-3-13(9-20-11-16-10-17-20)19(5-1)8-12-7-14(21-18-12)15-4-2-6-22-15/h2,4,6-7,10-11,13H,1,3,5,8-9H2/t13-/m1/s1. The summed E-state index contributed by atoms with van der Waals surface area (Å²) in [4.78, 5) is 7.59. The summed E-state index contributed by atoms with van der Waals surface area (Å²) in [6.45, 7) is 2.81. The molecule has 1 saturated heterocycles. The van der Waals surface area contributed by atoms with E-state index in [1.165, 1.54) is 12.8 Å². The molecular weight excluding hydrogens is 298 g/mol. The quantitative estimate of drug-likeness (QED) is 0.724. The molecule has 6 nitrogen and oxygen atoms in total. The van der Waals surface area contributed by atoms with Gasteiger partial charge >= 0.3 is 0 Å². The van der Waals surface area contributed by atoms with E-state index in [1.54, 1.807) is 24.0 Å². The Hall–Kier alpha value is -1.99. The average Bonchev–Trinajstić information content (AvgIpc) is 3.28. The lowest BCUT2D eigenvalue weighted by Gasteiger charge is -2.22. The van der Waals surface area contributed by atoms with Crippen LogP contribution in [0.5, 0.6) is 0 Å². The third-order valence-electron chi connectivity index (χ3n) is 4.05. The predicted molar refractivity (Wildman–Crippen MR) is 83.3 cm³/mol. The molecule has 0 spiro atoms. The van der Waals surface area contributed by atoms with Crippen LogP contribution in [-0.4, -0.2) is 37.4 Å². The summed E-state index contributed by atoms with van der Waals surface area (Å²) in [5.74, 6) is 0.858. The van der Waals surface area contributed by atoms with Crippen molar-refractivity contribution in [3.05, 3.63) is 41.9 Å². The molecule has 22 heavy (non-hydrogen) atoms. The number of rotatable bonds is 5. The smallest absolute Gasteiger partial charge is 0.177 e. The number of likely N-dealkylation sites (tertiary alicyclic amines) is 1. The first-order chi connectivity index (χ1) is 10.9. The molecule has 0 aromatic carbocycles. The monoisotopic (exact) mass is 315 g/mol. The van der Waals surface area contributed by atoms with E-state index < -0.39 is 0 Å². The van der Waals surface area contributed by atoms with Gasteiger partial charge in [0.1, 0.15) is 12.7 Å². The van der Waals surface area contributed by atoms with Gasteiger partial charge < -0.3 is 4.52 Å². The van der Waals surface area contributed by atoms with Crippen LogP contribution in [0.15, 0.2) is 40.8 Å². The largest absolute Gasteiger partial charge is 0.355 e. The Balaban J connectivity index is 1.44. The molecule has 1 atom stereocenters. The predicted octanol–water partition coefficient (Wildman–Crippen LogP) is 2.66. The van der Waals surface area contributed by atoms with Gasteiger partial charge in [-0.3, -0.25) is 9.58 Å². The summed E-state index contributed by atoms with van der Waals surface area (Å²) in [5.41, 5.74) is 0.994. The molecule has 0 N–H and O–H groups in total. The molecule has 0 unspecified atom stereocenters. The molecule has 7 heteroatoms. The van der Waals surface area contributed by atoms with Crippen molar-refractivity contribution in [2.75, 3.05) is 6.54 Å². The topological polar surface area (TPSA) is 60.0 Å². The van der Waals surface area contributed by atoms with Gasteiger partial charge in [0.05, 0.1) is 17.1 Å². The van der Waals surface area contributed by atoms with Gasteiger partial charge in [0.25, 0.3) is 0 Å². The lowest BCUT2D eigenvalue weighted by atomic mass is 10.2. The highest BCUT2D eigenvalue weighted by molar-refractivity contribution is 7.13. The first kappa shape index (κ1) is 13.7. The van der Waals surface area contributed by atoms with Crippen molar-refractivity contribution in [2.24, 2.45) is 0 Å². The molecule has 3 aromatic heterocycles. The van der Waals surface area contributed by atoms with Crippen molar-refractivity contribution in [3.63, 3.8) is 0 Å². The fourth-order valence-corrected chi connectivity index (χ4v) is 3.66. The highest BCUT2D eigenvalue weighted by Gasteiger charge is 2.26. The molecule has 0 amide bonds. The minimum absolute atomic E-state index is 0.489. The van der Waals surface area contributed by atoms with Crippen molar-refractivity contribution in [3.8, 4) is 10.6 Å². The summed E-state index contributed by atoms with van der Waals surface area (Å²) >= 11 is 1.67. The fourth-order valence-electron chi connectivity index (χ4n) is 2.98. The molecule has 1 aliphatic rings. The first-order valence-electron chi connectivity index (χ1n) is 7.44. The Morgan fingerprint density at radius 1 is 1.41 bits per heavy atom. The SMILES string of the molecule is c1csc(-c2cc(CN3CCC[C@@H]3Cn3cncn3)no2)c1. The highest BCUT2D eigenvalue weighted by atomic mass is 32.1. The van der Waals surface area contributed by atoms with Crippen LogP contribution < -0.4 is 0 Å². The highest BCUT2D eigenvalue weighted by Crippen LogP contribution is 2.27. The molecule has 1 aliphatic heterocycles. The lowest BCUT2D eigenvalue weighted by molar-refractivity contribution is 0.213. The Kier molecular flexibility index (Phi) is 3.74. The molecule has 1 fully saturated rings. The van der Waals surface area contributed by atoms with Crippen LogP contribution in [0.4, 0.5) is 0 Å². The molecule has 3 aromatic rings. The third kappa shape index (κ3) is 2.82. The zero-order valence-corrected chi connectivity index (χ0v) is 12.9. The van der Waals surface area contributed by atoms with Crippen LogP contribution in [0, 0.1) is 0 Å². The number of hydrogen-bond donors (Lipinski definition) is 0. The van der Waals surface area contributed by atoms with Crippen molar-refractivity contribution in [2.45, 2.75) is 32.0 Å². The van der Waals surface area contributed by atoms with Gasteiger partial charge in [-0.25, -0.2) is 4.98 Å². The van der Waals surface area contributed by atoms with E-state index in [0.717, 1.165) is 36.0 Å². The fraction of sp³-hybridized carbons (Fsp3) is 0.400. The second-order valence-corrected chi connectivity index (χ2v) is 6.49. The van der Waals surface area contributed by atoms with E-state index in [2.05, 4.69) is 32.3 Å². The van der Waals surface area contributed by atoms with Crippen LogP contribution in [0.25, 0.3) is 10.6 Å². The van der Waals surface area contributed by atoms with Crippen LogP contribution in [0.1, 0.15) is 18.5 Å². The number of aromatic nitrogens is 4. The Morgan fingerprint density at radius 2 is 2.41 bits per heavy atom. The zero-order valence-electron chi connectivity index (χ0n) is 12.1. The molecule has 4 rings (SSSR count). The van der Waals surface area contributed by atoms with Crippen molar-refractivity contribution >= 4 is 11.3 Å². The van der Waals surface area contributed by atoms with E-state index in [-0.39, 0.29) is 0 Å².